The Morgan fingerprint density at radius 1 is 1.47 bits per heavy atom. The number of aromatic nitrogens is 3. The van der Waals surface area contributed by atoms with Gasteiger partial charge in [0.2, 0.25) is 0 Å². The standard InChI is InChI=1S/C9H7N5S/c1-5-6(2-10)8(11)14-9(13-5)7-3-15-4-12-7/h3-4H,1H3,(H2,11,13,14). The molecule has 15 heavy (non-hydrogen) atoms. The van der Waals surface area contributed by atoms with Crippen LogP contribution in [0.4, 0.5) is 5.82 Å². The van der Waals surface area contributed by atoms with Crippen LogP contribution in [0.25, 0.3) is 11.5 Å². The fraction of sp³-hybridized carbons (Fsp3) is 0.111. The fourth-order valence-corrected chi connectivity index (χ4v) is 1.70. The van der Waals surface area contributed by atoms with Crippen LogP contribution in [-0.2, 0) is 0 Å². The molecule has 0 saturated heterocycles. The molecule has 0 saturated carbocycles. The summed E-state index contributed by atoms with van der Waals surface area (Å²) in [4.78, 5) is 12.3. The van der Waals surface area contributed by atoms with E-state index in [0.29, 0.717) is 22.8 Å². The summed E-state index contributed by atoms with van der Waals surface area (Å²) in [6, 6.07) is 1.97. The molecule has 0 aliphatic carbocycles. The van der Waals surface area contributed by atoms with Crippen molar-refractivity contribution in [1.29, 1.82) is 5.26 Å². The number of hydrogen-bond donors (Lipinski definition) is 1. The highest BCUT2D eigenvalue weighted by molar-refractivity contribution is 7.07. The first-order chi connectivity index (χ1) is 7.22. The molecule has 0 atom stereocenters. The van der Waals surface area contributed by atoms with E-state index in [4.69, 9.17) is 11.0 Å². The van der Waals surface area contributed by atoms with Gasteiger partial charge in [-0.25, -0.2) is 15.0 Å². The van der Waals surface area contributed by atoms with Gasteiger partial charge in [0.25, 0.3) is 0 Å². The summed E-state index contributed by atoms with van der Waals surface area (Å²) >= 11 is 1.46. The molecule has 2 aromatic rings. The van der Waals surface area contributed by atoms with Crippen LogP contribution in [0.15, 0.2) is 10.9 Å². The van der Waals surface area contributed by atoms with Gasteiger partial charge < -0.3 is 5.73 Å². The Kier molecular flexibility index (Phi) is 2.31. The van der Waals surface area contributed by atoms with E-state index in [1.165, 1.54) is 11.3 Å². The Balaban J connectivity index is 2.59. The Morgan fingerprint density at radius 2 is 2.27 bits per heavy atom. The largest absolute Gasteiger partial charge is 0.382 e. The third kappa shape index (κ3) is 1.65. The number of thiazole rings is 1. The first-order valence-corrected chi connectivity index (χ1v) is 5.09. The van der Waals surface area contributed by atoms with Crippen molar-refractivity contribution < 1.29 is 0 Å². The topological polar surface area (TPSA) is 88.5 Å². The number of aryl methyl sites for hydroxylation is 1. The van der Waals surface area contributed by atoms with Crippen molar-refractivity contribution in [2.24, 2.45) is 0 Å². The van der Waals surface area contributed by atoms with E-state index in [2.05, 4.69) is 15.0 Å². The predicted octanol–water partition coefficient (Wildman–Crippen LogP) is 1.36. The second-order valence-corrected chi connectivity index (χ2v) is 3.60. The van der Waals surface area contributed by atoms with Gasteiger partial charge in [0.1, 0.15) is 23.1 Å². The summed E-state index contributed by atoms with van der Waals surface area (Å²) < 4.78 is 0. The average molecular weight is 217 g/mol. The summed E-state index contributed by atoms with van der Waals surface area (Å²) in [6.45, 7) is 1.73. The maximum Gasteiger partial charge on any atom is 0.181 e. The maximum atomic E-state index is 8.80. The molecule has 0 spiro atoms. The van der Waals surface area contributed by atoms with E-state index in [1.807, 2.05) is 11.4 Å². The number of anilines is 1. The maximum absolute atomic E-state index is 8.80. The number of rotatable bonds is 1. The quantitative estimate of drug-likeness (QED) is 0.779. The van der Waals surface area contributed by atoms with Gasteiger partial charge in [-0.15, -0.1) is 11.3 Å². The van der Waals surface area contributed by atoms with Crippen LogP contribution in [0.2, 0.25) is 0 Å². The van der Waals surface area contributed by atoms with E-state index >= 15 is 0 Å². The van der Waals surface area contributed by atoms with E-state index < -0.39 is 0 Å². The number of nitrogens with zero attached hydrogens (tertiary/aromatic N) is 4. The molecule has 2 aromatic heterocycles. The van der Waals surface area contributed by atoms with Crippen molar-refractivity contribution >= 4 is 17.2 Å². The van der Waals surface area contributed by atoms with Crippen LogP contribution in [-0.4, -0.2) is 15.0 Å². The van der Waals surface area contributed by atoms with Crippen LogP contribution in [0.1, 0.15) is 11.3 Å². The molecule has 0 fully saturated rings. The minimum atomic E-state index is 0.202. The van der Waals surface area contributed by atoms with Gasteiger partial charge in [0.05, 0.1) is 11.2 Å². The lowest BCUT2D eigenvalue weighted by molar-refractivity contribution is 1.09. The normalized spacial score (nSPS) is 9.87. The van der Waals surface area contributed by atoms with Crippen LogP contribution < -0.4 is 5.73 Å². The molecule has 2 heterocycles. The fourth-order valence-electron chi connectivity index (χ4n) is 1.17. The summed E-state index contributed by atoms with van der Waals surface area (Å²) in [5.41, 5.74) is 8.92. The lowest BCUT2D eigenvalue weighted by atomic mass is 10.2. The molecule has 74 valence electrons. The van der Waals surface area contributed by atoms with Crippen LogP contribution in [0.5, 0.6) is 0 Å². The van der Waals surface area contributed by atoms with Crippen molar-refractivity contribution in [2.45, 2.75) is 6.92 Å². The van der Waals surface area contributed by atoms with Gasteiger partial charge >= 0.3 is 0 Å². The first kappa shape index (κ1) is 9.55. The van der Waals surface area contributed by atoms with Gasteiger partial charge in [-0.05, 0) is 6.92 Å². The molecule has 5 nitrogen and oxygen atoms in total. The molecule has 6 heteroatoms. The molecule has 2 rings (SSSR count). The van der Waals surface area contributed by atoms with Crippen molar-refractivity contribution in [3.63, 3.8) is 0 Å². The van der Waals surface area contributed by atoms with Crippen LogP contribution in [0.3, 0.4) is 0 Å². The zero-order chi connectivity index (χ0) is 10.8. The van der Waals surface area contributed by atoms with Crippen molar-refractivity contribution in [3.8, 4) is 17.6 Å². The van der Waals surface area contributed by atoms with E-state index in [0.717, 1.165) is 0 Å². The highest BCUT2D eigenvalue weighted by atomic mass is 32.1. The Hall–Kier alpha value is -2.00. The molecule has 0 bridgehead atoms. The van der Waals surface area contributed by atoms with Gasteiger partial charge in [0, 0.05) is 5.38 Å². The Morgan fingerprint density at radius 3 is 2.80 bits per heavy atom. The Bertz CT molecular complexity index is 503. The zero-order valence-electron chi connectivity index (χ0n) is 7.93. The summed E-state index contributed by atoms with van der Waals surface area (Å²) in [6.07, 6.45) is 0. The predicted molar refractivity (Wildman–Crippen MR) is 57.0 cm³/mol. The van der Waals surface area contributed by atoms with E-state index in [-0.39, 0.29) is 5.82 Å². The summed E-state index contributed by atoms with van der Waals surface area (Å²) in [5, 5.41) is 10.6. The number of nitrogen functional groups attached to an aromatic ring is 1. The van der Waals surface area contributed by atoms with Crippen LogP contribution in [0, 0.1) is 18.3 Å². The van der Waals surface area contributed by atoms with Crippen molar-refractivity contribution in [2.75, 3.05) is 5.73 Å². The number of nitrogens with two attached hydrogens (primary N) is 1. The SMILES string of the molecule is Cc1nc(-c2cscn2)nc(N)c1C#N. The molecule has 0 unspecified atom stereocenters. The minimum absolute atomic E-state index is 0.202. The number of hydrogen-bond acceptors (Lipinski definition) is 6. The molecule has 0 radical (unpaired) electrons. The Labute approximate surface area is 90.3 Å². The average Bonchev–Trinajstić information content (AvgIpc) is 2.69. The smallest absolute Gasteiger partial charge is 0.181 e. The second-order valence-electron chi connectivity index (χ2n) is 2.88. The van der Waals surface area contributed by atoms with Crippen LogP contribution >= 0.6 is 11.3 Å². The zero-order valence-corrected chi connectivity index (χ0v) is 8.75. The monoisotopic (exact) mass is 217 g/mol. The van der Waals surface area contributed by atoms with Gasteiger partial charge in [0.15, 0.2) is 5.82 Å². The first-order valence-electron chi connectivity index (χ1n) is 4.15. The van der Waals surface area contributed by atoms with Gasteiger partial charge in [-0.1, -0.05) is 0 Å². The summed E-state index contributed by atoms with van der Waals surface area (Å²) in [7, 11) is 0. The van der Waals surface area contributed by atoms with Gasteiger partial charge in [-0.3, -0.25) is 0 Å². The number of nitriles is 1. The van der Waals surface area contributed by atoms with E-state index in [1.54, 1.807) is 12.4 Å². The molecule has 0 amide bonds. The lowest BCUT2D eigenvalue weighted by Gasteiger charge is -2.02. The third-order valence-corrected chi connectivity index (χ3v) is 2.48. The molecular weight excluding hydrogens is 210 g/mol. The highest BCUT2D eigenvalue weighted by Crippen LogP contribution is 2.19. The molecule has 0 aromatic carbocycles. The molecule has 2 N–H and O–H groups in total. The van der Waals surface area contributed by atoms with E-state index in [9.17, 15) is 0 Å². The van der Waals surface area contributed by atoms with Crippen molar-refractivity contribution in [3.05, 3.63) is 22.1 Å². The third-order valence-electron chi connectivity index (χ3n) is 1.89. The highest BCUT2D eigenvalue weighted by Gasteiger charge is 2.10. The minimum Gasteiger partial charge on any atom is -0.382 e. The molecule has 0 aliphatic heterocycles. The molecular formula is C9H7N5S. The molecule has 0 aliphatic rings. The second kappa shape index (κ2) is 3.63. The lowest BCUT2D eigenvalue weighted by Crippen LogP contribution is -2.02. The summed E-state index contributed by atoms with van der Waals surface area (Å²) in [5.74, 6) is 0.665. The van der Waals surface area contributed by atoms with Gasteiger partial charge in [-0.2, -0.15) is 5.26 Å². The van der Waals surface area contributed by atoms with Crippen molar-refractivity contribution in [1.82, 2.24) is 15.0 Å².